The van der Waals surface area contributed by atoms with E-state index >= 15 is 0 Å². The standard InChI is InChI=1S/C9H11FN2O4S/c10-6-7(15)4(3-13)16-8(6)12-2-1-5(14)11-9(12)17/h1-2,4,6-8,13,15H,3H2,(H,11,14,17)/t4-,6+,7+,8-/m1/s1. The minimum Gasteiger partial charge on any atom is -0.394 e. The Morgan fingerprint density at radius 3 is 2.88 bits per heavy atom. The molecule has 0 aliphatic carbocycles. The van der Waals surface area contributed by atoms with E-state index in [1.807, 2.05) is 0 Å². The third-order valence-corrected chi connectivity index (χ3v) is 2.91. The Morgan fingerprint density at radius 1 is 1.65 bits per heavy atom. The summed E-state index contributed by atoms with van der Waals surface area (Å²) in [5, 5.41) is 18.3. The number of aliphatic hydroxyl groups is 2. The van der Waals surface area contributed by atoms with E-state index in [9.17, 15) is 14.3 Å². The molecule has 1 aliphatic rings. The molecule has 0 saturated carbocycles. The van der Waals surface area contributed by atoms with Gasteiger partial charge in [-0.05, 0) is 12.2 Å². The summed E-state index contributed by atoms with van der Waals surface area (Å²) >= 11 is 4.86. The van der Waals surface area contributed by atoms with Crippen LogP contribution in [0.3, 0.4) is 0 Å². The lowest BCUT2D eigenvalue weighted by Gasteiger charge is -2.16. The average molecular weight is 262 g/mol. The number of rotatable bonds is 2. The van der Waals surface area contributed by atoms with Gasteiger partial charge in [0.15, 0.2) is 17.2 Å². The molecule has 94 valence electrons. The quantitative estimate of drug-likeness (QED) is 0.625. The number of aromatic amines is 1. The molecule has 0 aromatic carbocycles. The molecule has 4 atom stereocenters. The highest BCUT2D eigenvalue weighted by atomic mass is 32.1. The van der Waals surface area contributed by atoms with Crippen LogP contribution in [0, 0.1) is 4.77 Å². The second-order valence-corrected chi connectivity index (χ2v) is 4.09. The molecule has 2 rings (SSSR count). The molecule has 0 spiro atoms. The van der Waals surface area contributed by atoms with Gasteiger partial charge in [0.25, 0.3) is 5.56 Å². The van der Waals surface area contributed by atoms with Gasteiger partial charge in [0, 0.05) is 12.3 Å². The summed E-state index contributed by atoms with van der Waals surface area (Å²) in [5.41, 5.74) is -0.404. The van der Waals surface area contributed by atoms with Crippen LogP contribution in [-0.2, 0) is 4.74 Å². The zero-order valence-electron chi connectivity index (χ0n) is 8.62. The van der Waals surface area contributed by atoms with Crippen LogP contribution in [0.15, 0.2) is 17.1 Å². The maximum Gasteiger partial charge on any atom is 0.251 e. The molecule has 0 amide bonds. The number of H-pyrrole nitrogens is 1. The van der Waals surface area contributed by atoms with Gasteiger partial charge in [-0.1, -0.05) is 0 Å². The van der Waals surface area contributed by atoms with Crippen molar-refractivity contribution in [2.24, 2.45) is 0 Å². The van der Waals surface area contributed by atoms with Crippen LogP contribution in [0.2, 0.25) is 0 Å². The van der Waals surface area contributed by atoms with Crippen molar-refractivity contribution in [2.45, 2.75) is 24.6 Å². The normalized spacial score (nSPS) is 32.9. The molecule has 1 aromatic heterocycles. The number of nitrogens with zero attached hydrogens (tertiary/aromatic N) is 1. The minimum absolute atomic E-state index is 0.00376. The van der Waals surface area contributed by atoms with Crippen molar-refractivity contribution < 1.29 is 19.3 Å². The maximum absolute atomic E-state index is 13.7. The molecule has 0 bridgehead atoms. The molecule has 17 heavy (non-hydrogen) atoms. The predicted molar refractivity (Wildman–Crippen MR) is 57.8 cm³/mol. The highest BCUT2D eigenvalue weighted by molar-refractivity contribution is 7.71. The van der Waals surface area contributed by atoms with Gasteiger partial charge in [0.1, 0.15) is 12.2 Å². The fourth-order valence-electron chi connectivity index (χ4n) is 1.71. The molecule has 8 heteroatoms. The molecule has 2 heterocycles. The van der Waals surface area contributed by atoms with Crippen LogP contribution in [0.1, 0.15) is 6.23 Å². The lowest BCUT2D eigenvalue weighted by molar-refractivity contribution is -0.0484. The number of nitrogens with one attached hydrogen (secondary N) is 1. The number of aliphatic hydroxyl groups excluding tert-OH is 2. The minimum atomic E-state index is -1.72. The Hall–Kier alpha value is -1.09. The molecule has 0 unspecified atom stereocenters. The summed E-state index contributed by atoms with van der Waals surface area (Å²) < 4.78 is 20.1. The highest BCUT2D eigenvalue weighted by Gasteiger charge is 2.44. The van der Waals surface area contributed by atoms with E-state index in [-0.39, 0.29) is 4.77 Å². The maximum atomic E-state index is 13.7. The average Bonchev–Trinajstić information content (AvgIpc) is 2.57. The Balaban J connectivity index is 2.35. The van der Waals surface area contributed by atoms with Crippen molar-refractivity contribution in [3.63, 3.8) is 0 Å². The van der Waals surface area contributed by atoms with Gasteiger partial charge in [-0.25, -0.2) is 4.39 Å². The molecular formula is C9H11FN2O4S. The van der Waals surface area contributed by atoms with E-state index in [4.69, 9.17) is 22.1 Å². The number of halogens is 1. The van der Waals surface area contributed by atoms with Crippen molar-refractivity contribution in [3.8, 4) is 0 Å². The van der Waals surface area contributed by atoms with Crippen LogP contribution >= 0.6 is 12.2 Å². The van der Waals surface area contributed by atoms with E-state index in [1.54, 1.807) is 0 Å². The fourth-order valence-corrected chi connectivity index (χ4v) is 1.97. The van der Waals surface area contributed by atoms with Crippen molar-refractivity contribution in [2.75, 3.05) is 6.61 Å². The lowest BCUT2D eigenvalue weighted by atomic mass is 10.1. The molecule has 0 radical (unpaired) electrons. The lowest BCUT2D eigenvalue weighted by Crippen LogP contribution is -2.30. The summed E-state index contributed by atoms with van der Waals surface area (Å²) in [6.45, 7) is -0.491. The van der Waals surface area contributed by atoms with E-state index in [0.29, 0.717) is 0 Å². The molecule has 6 nitrogen and oxygen atoms in total. The summed E-state index contributed by atoms with van der Waals surface area (Å²) in [6.07, 6.45) is -4.00. The van der Waals surface area contributed by atoms with Crippen molar-refractivity contribution >= 4 is 12.2 Å². The predicted octanol–water partition coefficient (Wildman–Crippen LogP) is -0.505. The largest absolute Gasteiger partial charge is 0.394 e. The molecule has 1 aliphatic heterocycles. The summed E-state index contributed by atoms with van der Waals surface area (Å²) in [7, 11) is 0. The first-order chi connectivity index (χ1) is 8.04. The Bertz CT molecular complexity index is 516. The van der Waals surface area contributed by atoms with E-state index < -0.39 is 36.8 Å². The first-order valence-corrected chi connectivity index (χ1v) is 5.35. The number of aromatic nitrogens is 2. The summed E-state index contributed by atoms with van der Waals surface area (Å²) in [6, 6.07) is 1.17. The number of alkyl halides is 1. The number of ether oxygens (including phenoxy) is 1. The third-order valence-electron chi connectivity index (χ3n) is 2.60. The molecular weight excluding hydrogens is 251 g/mol. The van der Waals surface area contributed by atoms with Gasteiger partial charge in [-0.2, -0.15) is 0 Å². The zero-order valence-corrected chi connectivity index (χ0v) is 9.43. The third kappa shape index (κ3) is 2.16. The highest BCUT2D eigenvalue weighted by Crippen LogP contribution is 2.31. The Labute approximate surface area is 100 Å². The van der Waals surface area contributed by atoms with Gasteiger partial charge >= 0.3 is 0 Å². The van der Waals surface area contributed by atoms with Gasteiger partial charge in [0.05, 0.1) is 6.61 Å². The SMILES string of the molecule is O=c1ccn([C@@H]2O[C@H](CO)[C@H](O)[C@@H]2F)c(=S)[nH]1. The molecule has 1 fully saturated rings. The Kier molecular flexibility index (Phi) is 3.38. The summed E-state index contributed by atoms with van der Waals surface area (Å²) in [4.78, 5) is 13.3. The molecule has 1 aromatic rings. The molecule has 3 N–H and O–H groups in total. The van der Waals surface area contributed by atoms with Crippen LogP contribution in [-0.4, -0.2) is 44.8 Å². The number of hydrogen-bond acceptors (Lipinski definition) is 5. The topological polar surface area (TPSA) is 87.5 Å². The first kappa shape index (κ1) is 12.4. The van der Waals surface area contributed by atoms with Gasteiger partial charge in [0.2, 0.25) is 0 Å². The van der Waals surface area contributed by atoms with Crippen LogP contribution in [0.5, 0.6) is 0 Å². The second-order valence-electron chi connectivity index (χ2n) is 3.70. The summed E-state index contributed by atoms with van der Waals surface area (Å²) in [5.74, 6) is 0. The smallest absolute Gasteiger partial charge is 0.251 e. The Morgan fingerprint density at radius 2 is 2.35 bits per heavy atom. The second kappa shape index (κ2) is 4.65. The van der Waals surface area contributed by atoms with Crippen LogP contribution < -0.4 is 5.56 Å². The number of hydrogen-bond donors (Lipinski definition) is 3. The van der Waals surface area contributed by atoms with Gasteiger partial charge < -0.3 is 14.9 Å². The fraction of sp³-hybridized carbons (Fsp3) is 0.556. The molecule has 1 saturated heterocycles. The van der Waals surface area contributed by atoms with Crippen molar-refractivity contribution in [3.05, 3.63) is 27.4 Å². The van der Waals surface area contributed by atoms with E-state index in [1.165, 1.54) is 16.8 Å². The zero-order chi connectivity index (χ0) is 12.6. The van der Waals surface area contributed by atoms with Crippen molar-refractivity contribution in [1.82, 2.24) is 9.55 Å². The first-order valence-electron chi connectivity index (χ1n) is 4.94. The van der Waals surface area contributed by atoms with E-state index in [2.05, 4.69) is 4.98 Å². The van der Waals surface area contributed by atoms with Gasteiger partial charge in [-0.3, -0.25) is 14.3 Å². The monoisotopic (exact) mass is 262 g/mol. The van der Waals surface area contributed by atoms with Gasteiger partial charge in [-0.15, -0.1) is 0 Å². The van der Waals surface area contributed by atoms with Crippen molar-refractivity contribution in [1.29, 1.82) is 0 Å². The van der Waals surface area contributed by atoms with E-state index in [0.717, 1.165) is 0 Å². The van der Waals surface area contributed by atoms with Crippen LogP contribution in [0.25, 0.3) is 0 Å². The van der Waals surface area contributed by atoms with Crippen LogP contribution in [0.4, 0.5) is 4.39 Å².